The van der Waals surface area contributed by atoms with Crippen LogP contribution in [0.15, 0.2) is 36.7 Å². The number of carbonyl (C=O) groups excluding carboxylic acids is 2. The van der Waals surface area contributed by atoms with E-state index >= 15 is 0 Å². The third-order valence-corrected chi connectivity index (χ3v) is 8.00. The van der Waals surface area contributed by atoms with Crippen molar-refractivity contribution in [3.63, 3.8) is 0 Å². The van der Waals surface area contributed by atoms with Crippen molar-refractivity contribution < 1.29 is 9.59 Å². The van der Waals surface area contributed by atoms with Crippen molar-refractivity contribution >= 4 is 34.9 Å². The number of rotatable bonds is 6. The lowest BCUT2D eigenvalue weighted by atomic mass is 9.74. The van der Waals surface area contributed by atoms with Crippen LogP contribution in [0.4, 0.5) is 11.5 Å². The van der Waals surface area contributed by atoms with E-state index in [1.54, 1.807) is 40.2 Å². The Bertz CT molecular complexity index is 1460. The Hall–Kier alpha value is -3.97. The Morgan fingerprint density at radius 2 is 2.11 bits per heavy atom. The summed E-state index contributed by atoms with van der Waals surface area (Å²) in [6, 6.07) is 9.00. The smallest absolute Gasteiger partial charge is 0.273 e. The fourth-order valence-corrected chi connectivity index (χ4v) is 5.54. The minimum atomic E-state index is -0.299. The van der Waals surface area contributed by atoms with Crippen molar-refractivity contribution in [2.75, 3.05) is 17.2 Å². The molecule has 10 nitrogen and oxygen atoms in total. The van der Waals surface area contributed by atoms with E-state index in [0.717, 1.165) is 30.4 Å². The van der Waals surface area contributed by atoms with Gasteiger partial charge in [0.25, 0.3) is 5.91 Å². The lowest BCUT2D eigenvalue weighted by Crippen LogP contribution is -2.43. The summed E-state index contributed by atoms with van der Waals surface area (Å²) in [5.74, 6) is 1.06. The highest BCUT2D eigenvalue weighted by molar-refractivity contribution is 6.30. The van der Waals surface area contributed by atoms with Crippen LogP contribution in [0.3, 0.4) is 0 Å². The second kappa shape index (κ2) is 8.85. The first-order valence-corrected chi connectivity index (χ1v) is 12.7. The monoisotopic (exact) mass is 516 g/mol. The number of benzene rings is 1. The summed E-state index contributed by atoms with van der Waals surface area (Å²) in [6.07, 6.45) is 5.71. The fraction of sp³-hybridized carbons (Fsp3) is 0.385. The zero-order valence-electron chi connectivity index (χ0n) is 20.1. The highest BCUT2D eigenvalue weighted by atomic mass is 35.5. The number of hydrogen-bond acceptors (Lipinski definition) is 7. The van der Waals surface area contributed by atoms with E-state index in [4.69, 9.17) is 17.3 Å². The standard InChI is InChI=1S/C26H25ClN8O2/c1-13(16-7-22(29)24(30-10-16)34-11-17-6-21(17)26(34)37)35-12-23(32-33-35)25(36)31-19-4-15(5-19)20-8-18(27)3-2-14(20)9-28/h2-3,7-8,10,12-13,15,17,19,21H,4-6,11,29H2,1H3,(H,31,36)/t13?,15?,17-,19?,21-/m1/s1. The number of anilines is 2. The van der Waals surface area contributed by atoms with Gasteiger partial charge in [0.15, 0.2) is 11.5 Å². The van der Waals surface area contributed by atoms with Gasteiger partial charge in [0.2, 0.25) is 5.91 Å². The number of fused-ring (bicyclic) bond motifs is 1. The molecule has 0 bridgehead atoms. The molecule has 2 saturated carbocycles. The largest absolute Gasteiger partial charge is 0.396 e. The second-order valence-electron chi connectivity index (χ2n) is 10.2. The number of nitrogens with zero attached hydrogens (tertiary/aromatic N) is 6. The number of nitrogens with one attached hydrogen (secondary N) is 1. The predicted molar refractivity (Wildman–Crippen MR) is 136 cm³/mol. The number of halogens is 1. The van der Waals surface area contributed by atoms with Crippen LogP contribution in [0.2, 0.25) is 5.02 Å². The van der Waals surface area contributed by atoms with Gasteiger partial charge in [-0.1, -0.05) is 16.8 Å². The summed E-state index contributed by atoms with van der Waals surface area (Å²) in [5.41, 5.74) is 9.25. The highest BCUT2D eigenvalue weighted by Gasteiger charge is 2.53. The van der Waals surface area contributed by atoms with Gasteiger partial charge in [0.05, 0.1) is 29.6 Å². The van der Waals surface area contributed by atoms with Crippen molar-refractivity contribution in [3.05, 3.63) is 64.1 Å². The molecule has 2 aliphatic carbocycles. The Labute approximate surface area is 218 Å². The van der Waals surface area contributed by atoms with Crippen molar-refractivity contribution in [1.29, 1.82) is 5.26 Å². The Morgan fingerprint density at radius 3 is 2.81 bits per heavy atom. The van der Waals surface area contributed by atoms with Crippen LogP contribution in [0.1, 0.15) is 65.3 Å². The first-order valence-electron chi connectivity index (χ1n) is 12.3. The van der Waals surface area contributed by atoms with Gasteiger partial charge < -0.3 is 11.1 Å². The summed E-state index contributed by atoms with van der Waals surface area (Å²) in [7, 11) is 0. The van der Waals surface area contributed by atoms with Gasteiger partial charge in [0.1, 0.15) is 0 Å². The Balaban J connectivity index is 1.08. The number of hydrogen-bond donors (Lipinski definition) is 2. The second-order valence-corrected chi connectivity index (χ2v) is 10.6. The lowest BCUT2D eigenvalue weighted by Gasteiger charge is -2.36. The average Bonchev–Trinajstić information content (AvgIpc) is 3.32. The van der Waals surface area contributed by atoms with Crippen molar-refractivity contribution in [2.45, 2.75) is 44.2 Å². The van der Waals surface area contributed by atoms with Crippen molar-refractivity contribution in [3.8, 4) is 6.07 Å². The molecule has 1 aliphatic heterocycles. The van der Waals surface area contributed by atoms with Crippen LogP contribution in [-0.2, 0) is 4.79 Å². The predicted octanol–water partition coefficient (Wildman–Crippen LogP) is 3.05. The van der Waals surface area contributed by atoms with Crippen LogP contribution < -0.4 is 16.0 Å². The van der Waals surface area contributed by atoms with E-state index in [-0.39, 0.29) is 41.4 Å². The van der Waals surface area contributed by atoms with Gasteiger partial charge in [-0.2, -0.15) is 5.26 Å². The van der Waals surface area contributed by atoms with E-state index in [1.165, 1.54) is 0 Å². The number of amides is 2. The van der Waals surface area contributed by atoms with Crippen LogP contribution in [0, 0.1) is 23.2 Å². The molecule has 1 aromatic carbocycles. The summed E-state index contributed by atoms with van der Waals surface area (Å²) in [5, 5.41) is 21.1. The maximum Gasteiger partial charge on any atom is 0.273 e. The van der Waals surface area contributed by atoms with Crippen molar-refractivity contribution in [2.24, 2.45) is 11.8 Å². The van der Waals surface area contributed by atoms with Gasteiger partial charge in [-0.15, -0.1) is 5.10 Å². The Morgan fingerprint density at radius 1 is 1.30 bits per heavy atom. The topological polar surface area (TPSA) is 143 Å². The van der Waals surface area contributed by atoms with Gasteiger partial charge in [-0.25, -0.2) is 9.67 Å². The molecule has 6 rings (SSSR count). The molecule has 37 heavy (non-hydrogen) atoms. The van der Waals surface area contributed by atoms with Crippen LogP contribution in [-0.4, -0.2) is 44.4 Å². The van der Waals surface area contributed by atoms with Gasteiger partial charge in [-0.05, 0) is 73.4 Å². The van der Waals surface area contributed by atoms with E-state index in [0.29, 0.717) is 34.6 Å². The molecule has 0 radical (unpaired) electrons. The van der Waals surface area contributed by atoms with E-state index < -0.39 is 0 Å². The molecule has 3 heterocycles. The molecule has 2 aromatic heterocycles. The number of nitriles is 1. The number of aromatic nitrogens is 4. The van der Waals surface area contributed by atoms with E-state index in [1.807, 2.05) is 13.0 Å². The maximum atomic E-state index is 12.8. The SMILES string of the molecule is CC(c1cnc(N2C[C@H]3C[C@H]3C2=O)c(N)c1)n1cc(C(=O)NC2CC(c3cc(Cl)ccc3C#N)C2)nn1. The first kappa shape index (κ1) is 23.4. The van der Waals surface area contributed by atoms with Crippen LogP contribution >= 0.6 is 11.6 Å². The molecule has 3 aromatic rings. The third kappa shape index (κ3) is 4.19. The van der Waals surface area contributed by atoms with Crippen LogP contribution in [0.5, 0.6) is 0 Å². The number of nitrogens with two attached hydrogens (primary N) is 1. The third-order valence-electron chi connectivity index (χ3n) is 7.76. The maximum absolute atomic E-state index is 12.8. The van der Waals surface area contributed by atoms with Gasteiger partial charge >= 0.3 is 0 Å². The first-order chi connectivity index (χ1) is 17.8. The highest BCUT2D eigenvalue weighted by Crippen LogP contribution is 2.48. The molecule has 3 fully saturated rings. The van der Waals surface area contributed by atoms with Gasteiger partial charge in [0, 0.05) is 29.7 Å². The number of nitrogen functional groups attached to an aromatic ring is 1. The molecule has 188 valence electrons. The average molecular weight is 517 g/mol. The van der Waals surface area contributed by atoms with E-state index in [9.17, 15) is 14.9 Å². The number of piperidine rings is 1. The van der Waals surface area contributed by atoms with Crippen LogP contribution in [0.25, 0.3) is 0 Å². The molecule has 3 aliphatic rings. The summed E-state index contributed by atoms with van der Waals surface area (Å²) in [4.78, 5) is 31.3. The van der Waals surface area contributed by atoms with Gasteiger partial charge in [-0.3, -0.25) is 14.5 Å². The van der Waals surface area contributed by atoms with E-state index in [2.05, 4.69) is 26.7 Å². The molecular formula is C26H25ClN8O2. The molecule has 2 amide bonds. The Kier molecular flexibility index (Phi) is 5.60. The number of pyridine rings is 1. The quantitative estimate of drug-likeness (QED) is 0.512. The fourth-order valence-electron chi connectivity index (χ4n) is 5.36. The van der Waals surface area contributed by atoms with Crippen molar-refractivity contribution in [1.82, 2.24) is 25.3 Å². The molecular weight excluding hydrogens is 492 g/mol. The molecule has 0 spiro atoms. The minimum absolute atomic E-state index is 0.0125. The zero-order valence-corrected chi connectivity index (χ0v) is 20.9. The lowest BCUT2D eigenvalue weighted by molar-refractivity contribution is -0.118. The molecule has 3 N–H and O–H groups in total. The summed E-state index contributed by atoms with van der Waals surface area (Å²) < 4.78 is 1.59. The molecule has 3 atom stereocenters. The molecule has 1 saturated heterocycles. The molecule has 11 heteroatoms. The summed E-state index contributed by atoms with van der Waals surface area (Å²) in [6.45, 7) is 2.59. The molecule has 1 unspecified atom stereocenters. The zero-order chi connectivity index (χ0) is 25.8. The summed E-state index contributed by atoms with van der Waals surface area (Å²) >= 11 is 6.11. The normalized spacial score (nSPS) is 24.7. The number of carbonyl (C=O) groups is 2. The minimum Gasteiger partial charge on any atom is -0.396 e.